The van der Waals surface area contributed by atoms with Gasteiger partial charge in [0.1, 0.15) is 24.2 Å². The summed E-state index contributed by atoms with van der Waals surface area (Å²) >= 11 is 6.74. The lowest BCUT2D eigenvalue weighted by atomic mass is 10.0. The lowest BCUT2D eigenvalue weighted by Gasteiger charge is -2.31. The van der Waals surface area contributed by atoms with Gasteiger partial charge in [-0.05, 0) is 83.6 Å². The Balaban J connectivity index is 1.32. The fraction of sp³-hybridized carbons (Fsp3) is 0.436. The minimum absolute atomic E-state index is 0.112. The molecule has 3 heterocycles. The number of pyridine rings is 2. The smallest absolute Gasteiger partial charge is 0.224 e. The average Bonchev–Trinajstić information content (AvgIpc) is 3.10. The van der Waals surface area contributed by atoms with E-state index in [2.05, 4.69) is 39.6 Å². The van der Waals surface area contributed by atoms with Gasteiger partial charge < -0.3 is 29.9 Å². The third-order valence-electron chi connectivity index (χ3n) is 8.74. The summed E-state index contributed by atoms with van der Waals surface area (Å²) in [6, 6.07) is 13.5. The van der Waals surface area contributed by atoms with E-state index in [0.29, 0.717) is 69.7 Å². The number of benzene rings is 2. The standard InChI is InChI=1S/C39H48ClN7O3/c1-5-7-8-9-17-47-18-10-12-32-35(47)19-27(24-42-32)26-50-36-15-14-29(20-31(36)40)44-39-28(23-41)25-43-33-22-37(49-6-2)34(21-30(33)39)45-38(48)13-11-16-46(3)4/h14-15,19-22,24-25H,5-13,16-18,26H2,1-4H3,(H,43,44)(H,45,48). The summed E-state index contributed by atoms with van der Waals surface area (Å²) in [7, 11) is 3.96. The number of aryl methyl sites for hydroxylation is 1. The van der Waals surface area contributed by atoms with Gasteiger partial charge in [-0.25, -0.2) is 0 Å². The van der Waals surface area contributed by atoms with E-state index in [9.17, 15) is 10.1 Å². The molecule has 2 aromatic carbocycles. The molecule has 0 unspecified atom stereocenters. The Morgan fingerprint density at radius 2 is 1.90 bits per heavy atom. The zero-order valence-electron chi connectivity index (χ0n) is 29.6. The normalized spacial score (nSPS) is 12.5. The summed E-state index contributed by atoms with van der Waals surface area (Å²) in [6.07, 6.45) is 11.6. The number of anilines is 4. The van der Waals surface area contributed by atoms with Crippen molar-refractivity contribution in [3.8, 4) is 17.6 Å². The minimum Gasteiger partial charge on any atom is -0.492 e. The Kier molecular flexibility index (Phi) is 13.1. The summed E-state index contributed by atoms with van der Waals surface area (Å²) < 4.78 is 12.0. The number of hydrogen-bond acceptors (Lipinski definition) is 9. The van der Waals surface area contributed by atoms with Crippen LogP contribution in [0.3, 0.4) is 0 Å². The third kappa shape index (κ3) is 9.55. The van der Waals surface area contributed by atoms with Crippen LogP contribution in [0.25, 0.3) is 10.9 Å². The first-order chi connectivity index (χ1) is 24.3. The number of aromatic nitrogens is 2. The highest BCUT2D eigenvalue weighted by atomic mass is 35.5. The molecule has 5 rings (SSSR count). The summed E-state index contributed by atoms with van der Waals surface area (Å²) in [5, 5.41) is 17.5. The van der Waals surface area contributed by atoms with Crippen LogP contribution in [0.5, 0.6) is 11.5 Å². The van der Waals surface area contributed by atoms with E-state index >= 15 is 0 Å². The molecule has 0 saturated heterocycles. The number of carbonyl (C=O) groups is 1. The number of rotatable bonds is 17. The SMILES string of the molecule is CCCCCCN1CCCc2ncc(COc3ccc(Nc4c(C#N)cnc5cc(OCC)c(NC(=O)CCCN(C)C)cc45)cc3Cl)cc21. The number of amides is 1. The van der Waals surface area contributed by atoms with E-state index in [1.807, 2.05) is 44.2 Å². The fourth-order valence-corrected chi connectivity index (χ4v) is 6.40. The Hall–Kier alpha value is -4.59. The molecule has 0 radical (unpaired) electrons. The van der Waals surface area contributed by atoms with Gasteiger partial charge in [0.15, 0.2) is 0 Å². The number of nitrogens with one attached hydrogen (secondary N) is 2. The Morgan fingerprint density at radius 3 is 2.66 bits per heavy atom. The fourth-order valence-electron chi connectivity index (χ4n) is 6.17. The van der Waals surface area contributed by atoms with Gasteiger partial charge in [0.05, 0.1) is 45.5 Å². The largest absolute Gasteiger partial charge is 0.492 e. The molecule has 0 fully saturated rings. The summed E-state index contributed by atoms with van der Waals surface area (Å²) in [5.41, 5.74) is 6.08. The van der Waals surface area contributed by atoms with Gasteiger partial charge in [0, 0.05) is 54.6 Å². The molecule has 0 bridgehead atoms. The molecule has 1 amide bonds. The summed E-state index contributed by atoms with van der Waals surface area (Å²) in [6.45, 7) is 7.81. The number of halogens is 1. The van der Waals surface area contributed by atoms with Crippen molar-refractivity contribution in [2.45, 2.75) is 71.8 Å². The highest BCUT2D eigenvalue weighted by Gasteiger charge is 2.19. The van der Waals surface area contributed by atoms with Crippen LogP contribution in [0.2, 0.25) is 5.02 Å². The highest BCUT2D eigenvalue weighted by Crippen LogP contribution is 2.38. The van der Waals surface area contributed by atoms with Gasteiger partial charge in [0.25, 0.3) is 0 Å². The highest BCUT2D eigenvalue weighted by molar-refractivity contribution is 6.32. The maximum absolute atomic E-state index is 12.8. The monoisotopic (exact) mass is 697 g/mol. The molecule has 0 spiro atoms. The molecule has 50 heavy (non-hydrogen) atoms. The molecule has 4 aromatic rings. The second kappa shape index (κ2) is 17.9. The van der Waals surface area contributed by atoms with Crippen molar-refractivity contribution in [1.82, 2.24) is 14.9 Å². The molecule has 2 N–H and O–H groups in total. The van der Waals surface area contributed by atoms with Crippen LogP contribution >= 0.6 is 11.6 Å². The lowest BCUT2D eigenvalue weighted by molar-refractivity contribution is -0.116. The van der Waals surface area contributed by atoms with Crippen LogP contribution < -0.4 is 25.0 Å². The van der Waals surface area contributed by atoms with Gasteiger partial charge >= 0.3 is 0 Å². The summed E-state index contributed by atoms with van der Waals surface area (Å²) in [4.78, 5) is 26.6. The van der Waals surface area contributed by atoms with E-state index < -0.39 is 0 Å². The van der Waals surface area contributed by atoms with Crippen molar-refractivity contribution in [3.05, 3.63) is 70.6 Å². The van der Waals surface area contributed by atoms with Gasteiger partial charge in [0.2, 0.25) is 5.91 Å². The van der Waals surface area contributed by atoms with Crippen molar-refractivity contribution in [2.24, 2.45) is 0 Å². The number of hydrogen-bond donors (Lipinski definition) is 2. The zero-order chi connectivity index (χ0) is 35.5. The van der Waals surface area contributed by atoms with Crippen molar-refractivity contribution >= 4 is 51.2 Å². The third-order valence-corrected chi connectivity index (χ3v) is 9.03. The van der Waals surface area contributed by atoms with E-state index in [1.165, 1.54) is 37.6 Å². The molecule has 1 aliphatic rings. The van der Waals surface area contributed by atoms with Crippen LogP contribution in [0.4, 0.5) is 22.7 Å². The molecule has 0 atom stereocenters. The number of nitriles is 1. The van der Waals surface area contributed by atoms with Crippen LogP contribution in [0.1, 0.15) is 75.6 Å². The molecule has 10 nitrogen and oxygen atoms in total. The van der Waals surface area contributed by atoms with E-state index in [4.69, 9.17) is 26.1 Å². The van der Waals surface area contributed by atoms with Crippen molar-refractivity contribution in [3.63, 3.8) is 0 Å². The van der Waals surface area contributed by atoms with Gasteiger partial charge in [-0.3, -0.25) is 14.8 Å². The first-order valence-electron chi connectivity index (χ1n) is 17.7. The first kappa shape index (κ1) is 36.7. The van der Waals surface area contributed by atoms with Gasteiger partial charge in [-0.1, -0.05) is 37.8 Å². The second-order valence-electron chi connectivity index (χ2n) is 12.9. The minimum atomic E-state index is -0.112. The predicted octanol–water partition coefficient (Wildman–Crippen LogP) is 8.49. The van der Waals surface area contributed by atoms with Crippen LogP contribution in [0, 0.1) is 11.3 Å². The molecule has 0 saturated carbocycles. The van der Waals surface area contributed by atoms with Crippen molar-refractivity contribution < 1.29 is 14.3 Å². The number of nitrogens with zero attached hydrogens (tertiary/aromatic N) is 5. The molecule has 2 aromatic heterocycles. The maximum Gasteiger partial charge on any atom is 0.224 e. The second-order valence-corrected chi connectivity index (χ2v) is 13.3. The number of fused-ring (bicyclic) bond motifs is 2. The van der Waals surface area contributed by atoms with E-state index in [-0.39, 0.29) is 5.91 Å². The topological polar surface area (TPSA) is 116 Å². The van der Waals surface area contributed by atoms with Crippen LogP contribution in [-0.4, -0.2) is 61.1 Å². The lowest BCUT2D eigenvalue weighted by Crippen LogP contribution is -2.31. The molecule has 1 aliphatic heterocycles. The molecule has 0 aliphatic carbocycles. The van der Waals surface area contributed by atoms with E-state index in [1.54, 1.807) is 18.2 Å². The Labute approximate surface area is 300 Å². The van der Waals surface area contributed by atoms with E-state index in [0.717, 1.165) is 50.2 Å². The Bertz CT molecular complexity index is 1820. The van der Waals surface area contributed by atoms with Gasteiger partial charge in [-0.15, -0.1) is 0 Å². The first-order valence-corrected chi connectivity index (χ1v) is 18.0. The Morgan fingerprint density at radius 1 is 1.04 bits per heavy atom. The molecule has 264 valence electrons. The molecular weight excluding hydrogens is 650 g/mol. The van der Waals surface area contributed by atoms with Crippen LogP contribution in [-0.2, 0) is 17.8 Å². The molecular formula is C39H48ClN7O3. The quantitative estimate of drug-likeness (QED) is 0.105. The predicted molar refractivity (Wildman–Crippen MR) is 202 cm³/mol. The average molecular weight is 698 g/mol. The summed E-state index contributed by atoms with van der Waals surface area (Å²) in [5.74, 6) is 0.953. The van der Waals surface area contributed by atoms with Crippen molar-refractivity contribution in [1.29, 1.82) is 5.26 Å². The number of ether oxygens (including phenoxy) is 2. The van der Waals surface area contributed by atoms with Crippen LogP contribution in [0.15, 0.2) is 48.8 Å². The number of unbranched alkanes of at least 4 members (excludes halogenated alkanes) is 3. The molecule has 11 heteroatoms. The van der Waals surface area contributed by atoms with Gasteiger partial charge in [-0.2, -0.15) is 5.26 Å². The maximum atomic E-state index is 12.8. The van der Waals surface area contributed by atoms with Crippen molar-refractivity contribution in [2.75, 3.05) is 55.9 Å². The number of carbonyl (C=O) groups excluding carboxylic acids is 1. The zero-order valence-corrected chi connectivity index (χ0v) is 30.4.